The van der Waals surface area contributed by atoms with Crippen molar-refractivity contribution in [2.45, 2.75) is 17.9 Å². The third-order valence-corrected chi connectivity index (χ3v) is 3.83. The van der Waals surface area contributed by atoms with Crippen molar-refractivity contribution in [3.05, 3.63) is 34.9 Å². The predicted octanol–water partition coefficient (Wildman–Crippen LogP) is 3.12. The van der Waals surface area contributed by atoms with Crippen LogP contribution < -0.4 is 0 Å². The Morgan fingerprint density at radius 3 is 2.71 bits per heavy atom. The molecule has 0 radical (unpaired) electrons. The van der Waals surface area contributed by atoms with Crippen LogP contribution in [0, 0.1) is 18.6 Å². The molecule has 0 aliphatic carbocycles. The van der Waals surface area contributed by atoms with E-state index in [-0.39, 0.29) is 10.9 Å². The number of hydrogen-bond donors (Lipinski definition) is 0. The third-order valence-electron chi connectivity index (χ3n) is 2.74. The Kier molecular flexibility index (Phi) is 4.12. The summed E-state index contributed by atoms with van der Waals surface area (Å²) in [5.74, 6) is -1.10. The number of halogens is 3. The largest absolute Gasteiger partial charge is 0.376 e. The van der Waals surface area contributed by atoms with E-state index in [0.717, 1.165) is 6.07 Å². The van der Waals surface area contributed by atoms with Crippen molar-refractivity contribution in [3.63, 3.8) is 0 Å². The number of alkyl halides is 1. The normalized spacial score (nSPS) is 22.5. The molecule has 0 spiro atoms. The van der Waals surface area contributed by atoms with Crippen molar-refractivity contribution in [2.24, 2.45) is 0 Å². The van der Waals surface area contributed by atoms with E-state index in [4.69, 9.17) is 9.47 Å². The monoisotopic (exact) mass is 306 g/mol. The quantitative estimate of drug-likeness (QED) is 0.782. The molecule has 0 saturated carbocycles. The first-order valence-corrected chi connectivity index (χ1v) is 6.30. The van der Waals surface area contributed by atoms with Gasteiger partial charge < -0.3 is 9.47 Å². The Bertz CT molecular complexity index is 406. The van der Waals surface area contributed by atoms with Crippen LogP contribution in [-0.2, 0) is 9.47 Å². The molecule has 1 saturated heterocycles. The topological polar surface area (TPSA) is 18.5 Å². The average molecular weight is 307 g/mol. The van der Waals surface area contributed by atoms with Crippen molar-refractivity contribution in [3.8, 4) is 0 Å². The smallest absolute Gasteiger partial charge is 0.130 e. The van der Waals surface area contributed by atoms with Gasteiger partial charge in [-0.05, 0) is 18.6 Å². The second kappa shape index (κ2) is 5.42. The van der Waals surface area contributed by atoms with Gasteiger partial charge in [-0.15, -0.1) is 0 Å². The molecule has 0 amide bonds. The molecule has 94 valence electrons. The summed E-state index contributed by atoms with van der Waals surface area (Å²) >= 11 is 3.39. The summed E-state index contributed by atoms with van der Waals surface area (Å²) in [6.45, 7) is 3.07. The summed E-state index contributed by atoms with van der Waals surface area (Å²) in [7, 11) is 0. The minimum Gasteiger partial charge on any atom is -0.376 e. The molecule has 1 aromatic carbocycles. The number of aryl methyl sites for hydroxylation is 1. The van der Waals surface area contributed by atoms with E-state index in [1.54, 1.807) is 6.92 Å². The molecule has 2 nitrogen and oxygen atoms in total. The van der Waals surface area contributed by atoms with Crippen LogP contribution in [0.5, 0.6) is 0 Å². The zero-order valence-electron chi connectivity index (χ0n) is 9.38. The number of ether oxygens (including phenoxy) is 2. The summed E-state index contributed by atoms with van der Waals surface area (Å²) in [4.78, 5) is -0.331. The maximum Gasteiger partial charge on any atom is 0.130 e. The van der Waals surface area contributed by atoms with Crippen molar-refractivity contribution < 1.29 is 18.3 Å². The highest BCUT2D eigenvalue weighted by Gasteiger charge is 2.27. The van der Waals surface area contributed by atoms with Gasteiger partial charge in [0.15, 0.2) is 0 Å². The average Bonchev–Trinajstić information content (AvgIpc) is 2.34. The summed E-state index contributed by atoms with van der Waals surface area (Å²) in [6, 6.07) is 2.41. The highest BCUT2D eigenvalue weighted by Crippen LogP contribution is 2.32. The molecule has 0 N–H and O–H groups in total. The van der Waals surface area contributed by atoms with Crippen LogP contribution in [0.4, 0.5) is 8.78 Å². The predicted molar refractivity (Wildman–Crippen MR) is 63.3 cm³/mol. The molecule has 0 bridgehead atoms. The van der Waals surface area contributed by atoms with Crippen LogP contribution in [0.1, 0.15) is 16.0 Å². The molecule has 1 fully saturated rings. The van der Waals surface area contributed by atoms with Crippen molar-refractivity contribution in [1.29, 1.82) is 0 Å². The molecule has 5 heteroatoms. The number of hydrogen-bond acceptors (Lipinski definition) is 2. The molecule has 1 aromatic rings. The van der Waals surface area contributed by atoms with Crippen LogP contribution in [0.25, 0.3) is 0 Å². The Labute approximate surface area is 107 Å². The molecular formula is C12H13BrF2O2. The summed E-state index contributed by atoms with van der Waals surface area (Å²) in [6.07, 6.45) is -0.247. The zero-order valence-corrected chi connectivity index (χ0v) is 11.0. The first-order chi connectivity index (χ1) is 8.09. The first kappa shape index (κ1) is 12.9. The van der Waals surface area contributed by atoms with Crippen molar-refractivity contribution in [2.75, 3.05) is 19.8 Å². The fraction of sp³-hybridized carbons (Fsp3) is 0.500. The highest BCUT2D eigenvalue weighted by molar-refractivity contribution is 9.09. The lowest BCUT2D eigenvalue weighted by molar-refractivity contribution is -0.0879. The number of rotatable bonds is 2. The van der Waals surface area contributed by atoms with Crippen LogP contribution in [-0.4, -0.2) is 25.9 Å². The molecule has 1 aliphatic heterocycles. The van der Waals surface area contributed by atoms with E-state index in [9.17, 15) is 8.78 Å². The molecule has 2 unspecified atom stereocenters. The summed E-state index contributed by atoms with van der Waals surface area (Å²) in [5, 5.41) is 0. The van der Waals surface area contributed by atoms with E-state index in [2.05, 4.69) is 15.9 Å². The van der Waals surface area contributed by atoms with Gasteiger partial charge >= 0.3 is 0 Å². The van der Waals surface area contributed by atoms with E-state index < -0.39 is 11.6 Å². The second-order valence-electron chi connectivity index (χ2n) is 4.01. The minimum absolute atomic E-state index is 0.247. The molecule has 17 heavy (non-hydrogen) atoms. The summed E-state index contributed by atoms with van der Waals surface area (Å²) in [5.41, 5.74) is 0.821. The van der Waals surface area contributed by atoms with Gasteiger partial charge in [0.05, 0.1) is 30.8 Å². The van der Waals surface area contributed by atoms with Crippen LogP contribution in [0.2, 0.25) is 0 Å². The lowest BCUT2D eigenvalue weighted by atomic mass is 10.0. The van der Waals surface area contributed by atoms with Gasteiger partial charge in [-0.1, -0.05) is 15.9 Å². The molecule has 2 rings (SSSR count). The standard InChI is InChI=1S/C12H13BrF2O2/c1-7-4-8(10(15)5-9(7)14)12(13)11-6-16-2-3-17-11/h4-5,11-12H,2-3,6H2,1H3. The molecule has 2 atom stereocenters. The van der Waals surface area contributed by atoms with Gasteiger partial charge in [-0.25, -0.2) is 8.78 Å². The maximum absolute atomic E-state index is 13.7. The Morgan fingerprint density at radius 1 is 1.29 bits per heavy atom. The summed E-state index contributed by atoms with van der Waals surface area (Å²) < 4.78 is 37.6. The first-order valence-electron chi connectivity index (χ1n) is 5.38. The Balaban J connectivity index is 2.23. The maximum atomic E-state index is 13.7. The lowest BCUT2D eigenvalue weighted by Gasteiger charge is -2.27. The van der Waals surface area contributed by atoms with Crippen molar-refractivity contribution in [1.82, 2.24) is 0 Å². The third kappa shape index (κ3) is 2.84. The van der Waals surface area contributed by atoms with Gasteiger partial charge in [-0.3, -0.25) is 0 Å². The fourth-order valence-corrected chi connectivity index (χ4v) is 2.42. The van der Waals surface area contributed by atoms with E-state index in [1.807, 2.05) is 0 Å². The number of benzene rings is 1. The highest BCUT2D eigenvalue weighted by atomic mass is 79.9. The zero-order chi connectivity index (χ0) is 12.4. The SMILES string of the molecule is Cc1cc(C(Br)C2COCCO2)c(F)cc1F. The van der Waals surface area contributed by atoms with Crippen LogP contribution >= 0.6 is 15.9 Å². The second-order valence-corrected chi connectivity index (χ2v) is 5.00. The van der Waals surface area contributed by atoms with Gasteiger partial charge in [0.2, 0.25) is 0 Å². The van der Waals surface area contributed by atoms with E-state index in [0.29, 0.717) is 30.9 Å². The lowest BCUT2D eigenvalue weighted by Crippen LogP contribution is -2.32. The Hall–Kier alpha value is -0.520. The molecule has 1 heterocycles. The van der Waals surface area contributed by atoms with Crippen LogP contribution in [0.3, 0.4) is 0 Å². The molecule has 0 aromatic heterocycles. The van der Waals surface area contributed by atoms with Gasteiger partial charge in [-0.2, -0.15) is 0 Å². The van der Waals surface area contributed by atoms with Crippen LogP contribution in [0.15, 0.2) is 12.1 Å². The molecule has 1 aliphatic rings. The van der Waals surface area contributed by atoms with E-state index >= 15 is 0 Å². The van der Waals surface area contributed by atoms with Crippen molar-refractivity contribution >= 4 is 15.9 Å². The molecular weight excluding hydrogens is 294 g/mol. The minimum atomic E-state index is -0.566. The van der Waals surface area contributed by atoms with Gasteiger partial charge in [0.25, 0.3) is 0 Å². The Morgan fingerprint density at radius 2 is 2.06 bits per heavy atom. The van der Waals surface area contributed by atoms with Gasteiger partial charge in [0, 0.05) is 11.6 Å². The van der Waals surface area contributed by atoms with Gasteiger partial charge in [0.1, 0.15) is 11.6 Å². The fourth-order valence-electron chi connectivity index (χ4n) is 1.77. The van der Waals surface area contributed by atoms with E-state index in [1.165, 1.54) is 6.07 Å².